The molecule has 2 nitrogen and oxygen atoms in total. The van der Waals surface area contributed by atoms with E-state index in [2.05, 4.69) is 0 Å². The normalized spacial score (nSPS) is 11.6. The van der Waals surface area contributed by atoms with Gasteiger partial charge in [0, 0.05) is 6.92 Å². The molecular weight excluding hydrogens is 212 g/mol. The van der Waals surface area contributed by atoms with Crippen LogP contribution >= 0.6 is 0 Å². The fourth-order valence-corrected chi connectivity index (χ4v) is 1.66. The number of nitrogens with two attached hydrogens (primary N) is 1. The van der Waals surface area contributed by atoms with Crippen LogP contribution in [0.3, 0.4) is 0 Å². The Morgan fingerprint density at radius 1 is 1.38 bits per heavy atom. The number of ether oxygens (including phenoxy) is 1. The van der Waals surface area contributed by atoms with Gasteiger partial charge >= 0.3 is 0 Å². The van der Waals surface area contributed by atoms with Crippen molar-refractivity contribution in [1.29, 1.82) is 0 Å². The van der Waals surface area contributed by atoms with Crippen LogP contribution in [0.5, 0.6) is 5.75 Å². The van der Waals surface area contributed by atoms with E-state index in [1.807, 2.05) is 0 Å². The van der Waals surface area contributed by atoms with Gasteiger partial charge in [-0.1, -0.05) is 12.1 Å². The first-order chi connectivity index (χ1) is 7.50. The summed E-state index contributed by atoms with van der Waals surface area (Å²) >= 11 is 0. The smallest absolute Gasteiger partial charge is 0.274 e. The second kappa shape index (κ2) is 5.25. The summed E-state index contributed by atoms with van der Waals surface area (Å²) in [4.78, 5) is 0. The van der Waals surface area contributed by atoms with E-state index in [1.165, 1.54) is 13.2 Å². The van der Waals surface area contributed by atoms with Gasteiger partial charge in [0.15, 0.2) is 0 Å². The van der Waals surface area contributed by atoms with E-state index in [1.54, 1.807) is 12.1 Å². The third kappa shape index (κ3) is 2.92. The molecule has 0 aliphatic heterocycles. The highest BCUT2D eigenvalue weighted by molar-refractivity contribution is 5.43. The Labute approximate surface area is 94.4 Å². The average Bonchev–Trinajstić information content (AvgIpc) is 2.24. The van der Waals surface area contributed by atoms with Crippen LogP contribution in [0.4, 0.5) is 8.78 Å². The maximum atomic E-state index is 13.3. The molecule has 0 aliphatic carbocycles. The third-order valence-electron chi connectivity index (χ3n) is 2.42. The molecule has 0 spiro atoms. The van der Waals surface area contributed by atoms with Crippen molar-refractivity contribution in [1.82, 2.24) is 0 Å². The first-order valence-corrected chi connectivity index (χ1v) is 5.25. The molecule has 0 unspecified atom stereocenters. The maximum absolute atomic E-state index is 13.3. The molecule has 1 aromatic rings. The lowest BCUT2D eigenvalue weighted by molar-refractivity contribution is 0.0149. The lowest BCUT2D eigenvalue weighted by atomic mass is 10.0. The van der Waals surface area contributed by atoms with Gasteiger partial charge in [0.05, 0.1) is 12.7 Å². The summed E-state index contributed by atoms with van der Waals surface area (Å²) in [6, 6.07) is 4.82. The Kier molecular flexibility index (Phi) is 4.24. The number of para-hydroxylation sites is 1. The number of methoxy groups -OCH3 is 1. The van der Waals surface area contributed by atoms with Gasteiger partial charge in [0.25, 0.3) is 5.92 Å². The quantitative estimate of drug-likeness (QED) is 0.842. The predicted octanol–water partition coefficient (Wildman–Crippen LogP) is 2.70. The molecule has 1 rings (SSSR count). The van der Waals surface area contributed by atoms with E-state index in [0.717, 1.165) is 18.9 Å². The van der Waals surface area contributed by atoms with Crippen LogP contribution in [0.2, 0.25) is 0 Å². The molecule has 16 heavy (non-hydrogen) atoms. The first-order valence-electron chi connectivity index (χ1n) is 5.25. The summed E-state index contributed by atoms with van der Waals surface area (Å²) in [6.07, 6.45) is 1.42. The van der Waals surface area contributed by atoms with Gasteiger partial charge in [-0.05, 0) is 31.0 Å². The Bertz CT molecular complexity index is 347. The topological polar surface area (TPSA) is 35.2 Å². The predicted molar refractivity (Wildman–Crippen MR) is 59.9 cm³/mol. The molecule has 0 aliphatic rings. The molecule has 4 heteroatoms. The molecule has 0 amide bonds. The van der Waals surface area contributed by atoms with E-state index in [0.29, 0.717) is 13.0 Å². The SMILES string of the molecule is COc1c(CCCN)cccc1C(C)(F)F. The fraction of sp³-hybridized carbons (Fsp3) is 0.500. The maximum Gasteiger partial charge on any atom is 0.274 e. The molecule has 0 saturated heterocycles. The van der Waals surface area contributed by atoms with Gasteiger partial charge in [-0.15, -0.1) is 0 Å². The van der Waals surface area contributed by atoms with Gasteiger partial charge in [-0.3, -0.25) is 0 Å². The Morgan fingerprint density at radius 3 is 2.56 bits per heavy atom. The molecule has 0 fully saturated rings. The molecule has 0 atom stereocenters. The summed E-state index contributed by atoms with van der Waals surface area (Å²) in [5.74, 6) is -2.60. The van der Waals surface area contributed by atoms with Crippen LogP contribution < -0.4 is 10.5 Å². The monoisotopic (exact) mass is 229 g/mol. The van der Waals surface area contributed by atoms with Crippen LogP contribution in [0.25, 0.3) is 0 Å². The highest BCUT2D eigenvalue weighted by Crippen LogP contribution is 2.36. The van der Waals surface area contributed by atoms with E-state index in [4.69, 9.17) is 10.5 Å². The molecule has 0 aromatic heterocycles. The summed E-state index contributed by atoms with van der Waals surface area (Å²) in [7, 11) is 1.41. The molecule has 90 valence electrons. The number of hydrogen-bond acceptors (Lipinski definition) is 2. The van der Waals surface area contributed by atoms with Crippen molar-refractivity contribution >= 4 is 0 Å². The molecule has 2 N–H and O–H groups in total. The van der Waals surface area contributed by atoms with Crippen LogP contribution in [0.15, 0.2) is 18.2 Å². The largest absolute Gasteiger partial charge is 0.496 e. The van der Waals surface area contributed by atoms with Gasteiger partial charge < -0.3 is 10.5 Å². The zero-order valence-electron chi connectivity index (χ0n) is 9.59. The minimum atomic E-state index is -2.88. The van der Waals surface area contributed by atoms with E-state index < -0.39 is 5.92 Å². The van der Waals surface area contributed by atoms with Crippen molar-refractivity contribution in [2.24, 2.45) is 5.73 Å². The van der Waals surface area contributed by atoms with Crippen molar-refractivity contribution in [2.45, 2.75) is 25.7 Å². The lowest BCUT2D eigenvalue weighted by Gasteiger charge is -2.17. The van der Waals surface area contributed by atoms with Crippen molar-refractivity contribution < 1.29 is 13.5 Å². The standard InChI is InChI=1S/C12H17F2NO/c1-12(13,14)10-7-3-5-9(6-4-8-15)11(10)16-2/h3,5,7H,4,6,8,15H2,1-2H3. The van der Waals surface area contributed by atoms with Crippen LogP contribution in [-0.2, 0) is 12.3 Å². The number of benzene rings is 1. The van der Waals surface area contributed by atoms with Crippen molar-refractivity contribution in [3.05, 3.63) is 29.3 Å². The van der Waals surface area contributed by atoms with Crippen LogP contribution in [0, 0.1) is 0 Å². The molecule has 0 saturated carbocycles. The number of halogens is 2. The lowest BCUT2D eigenvalue weighted by Crippen LogP contribution is -2.11. The molecule has 1 aromatic carbocycles. The van der Waals surface area contributed by atoms with Gasteiger partial charge in [0.1, 0.15) is 5.75 Å². The zero-order chi connectivity index (χ0) is 12.2. The van der Waals surface area contributed by atoms with Gasteiger partial charge in [-0.25, -0.2) is 8.78 Å². The third-order valence-corrected chi connectivity index (χ3v) is 2.42. The second-order valence-electron chi connectivity index (χ2n) is 3.78. The fourth-order valence-electron chi connectivity index (χ4n) is 1.66. The Hall–Kier alpha value is -1.16. The molecule has 0 radical (unpaired) electrons. The summed E-state index contributed by atoms with van der Waals surface area (Å²) in [5.41, 5.74) is 6.12. The highest BCUT2D eigenvalue weighted by atomic mass is 19.3. The van der Waals surface area contributed by atoms with Crippen LogP contribution in [0.1, 0.15) is 24.5 Å². The summed E-state index contributed by atoms with van der Waals surface area (Å²) in [6.45, 7) is 1.41. The average molecular weight is 229 g/mol. The number of alkyl halides is 2. The summed E-state index contributed by atoms with van der Waals surface area (Å²) < 4.78 is 31.7. The minimum Gasteiger partial charge on any atom is -0.496 e. The summed E-state index contributed by atoms with van der Waals surface area (Å²) in [5, 5.41) is 0. The number of hydrogen-bond donors (Lipinski definition) is 1. The first kappa shape index (κ1) is 12.9. The van der Waals surface area contributed by atoms with E-state index in [9.17, 15) is 8.78 Å². The van der Waals surface area contributed by atoms with Crippen LogP contribution in [-0.4, -0.2) is 13.7 Å². The zero-order valence-corrected chi connectivity index (χ0v) is 9.59. The van der Waals surface area contributed by atoms with Crippen molar-refractivity contribution in [3.63, 3.8) is 0 Å². The Balaban J connectivity index is 3.11. The number of rotatable bonds is 5. The van der Waals surface area contributed by atoms with Gasteiger partial charge in [-0.2, -0.15) is 0 Å². The van der Waals surface area contributed by atoms with Crippen molar-refractivity contribution in [3.8, 4) is 5.75 Å². The number of aryl methyl sites for hydroxylation is 1. The molecule has 0 bridgehead atoms. The Morgan fingerprint density at radius 2 is 2.06 bits per heavy atom. The van der Waals surface area contributed by atoms with Gasteiger partial charge in [0.2, 0.25) is 0 Å². The minimum absolute atomic E-state index is 0.0653. The van der Waals surface area contributed by atoms with E-state index in [-0.39, 0.29) is 11.3 Å². The molecule has 0 heterocycles. The van der Waals surface area contributed by atoms with Crippen molar-refractivity contribution in [2.75, 3.05) is 13.7 Å². The highest BCUT2D eigenvalue weighted by Gasteiger charge is 2.29. The van der Waals surface area contributed by atoms with E-state index >= 15 is 0 Å². The molecular formula is C12H17F2NO. The second-order valence-corrected chi connectivity index (χ2v) is 3.78.